The fraction of sp³-hybridized carbons (Fsp3) is 0.517. The lowest BCUT2D eigenvalue weighted by Crippen LogP contribution is -2.66. The van der Waals surface area contributed by atoms with E-state index in [-0.39, 0.29) is 6.61 Å². The van der Waals surface area contributed by atoms with E-state index in [1.165, 1.54) is 0 Å². The minimum Gasteiger partial charge on any atom is -0.443 e. The van der Waals surface area contributed by atoms with Crippen molar-refractivity contribution in [2.45, 2.75) is 88.8 Å². The molecular formula is C29H35ClN6O6. The van der Waals surface area contributed by atoms with Crippen molar-refractivity contribution in [1.29, 1.82) is 0 Å². The van der Waals surface area contributed by atoms with Crippen LogP contribution in [0.2, 0.25) is 5.02 Å². The molecule has 4 heterocycles. The largest absolute Gasteiger partial charge is 0.443 e. The van der Waals surface area contributed by atoms with E-state index < -0.39 is 48.4 Å². The molecule has 1 saturated carbocycles. The van der Waals surface area contributed by atoms with Gasteiger partial charge >= 0.3 is 6.09 Å². The maximum Gasteiger partial charge on any atom is 0.422 e. The summed E-state index contributed by atoms with van der Waals surface area (Å²) in [6.45, 7) is 7.25. The van der Waals surface area contributed by atoms with Gasteiger partial charge in [0.15, 0.2) is 12.1 Å². The molecule has 2 aromatic heterocycles. The fourth-order valence-corrected chi connectivity index (χ4v) is 5.47. The van der Waals surface area contributed by atoms with E-state index in [0.29, 0.717) is 28.3 Å². The minimum atomic E-state index is -1.23. The first-order valence-corrected chi connectivity index (χ1v) is 14.4. The van der Waals surface area contributed by atoms with Crippen LogP contribution in [0.15, 0.2) is 42.6 Å². The minimum absolute atomic E-state index is 0.178. The summed E-state index contributed by atoms with van der Waals surface area (Å²) in [6.07, 6.45) is -1.20. The first-order valence-electron chi connectivity index (χ1n) is 14.1. The van der Waals surface area contributed by atoms with Crippen molar-refractivity contribution in [1.82, 2.24) is 30.6 Å². The number of aryl methyl sites for hydroxylation is 1. The molecule has 3 aromatic rings. The number of rotatable bonds is 6. The molecule has 3 N–H and O–H groups in total. The lowest BCUT2D eigenvalue weighted by atomic mass is 9.91. The van der Waals surface area contributed by atoms with Crippen LogP contribution < -0.4 is 10.9 Å². The quantitative estimate of drug-likeness (QED) is 0.359. The number of amides is 1. The van der Waals surface area contributed by atoms with Gasteiger partial charge in [0.05, 0.1) is 29.1 Å². The zero-order valence-corrected chi connectivity index (χ0v) is 24.6. The van der Waals surface area contributed by atoms with E-state index >= 15 is 0 Å². The van der Waals surface area contributed by atoms with Gasteiger partial charge in [-0.15, -0.1) is 0 Å². The normalized spacial score (nSPS) is 27.8. The monoisotopic (exact) mass is 598 g/mol. The second-order valence-corrected chi connectivity index (χ2v) is 12.3. The molecule has 0 radical (unpaired) electrons. The Morgan fingerprint density at radius 1 is 1.19 bits per heavy atom. The van der Waals surface area contributed by atoms with Crippen LogP contribution >= 0.6 is 11.6 Å². The summed E-state index contributed by atoms with van der Waals surface area (Å²) in [6, 6.07) is 10.5. The fourth-order valence-electron chi connectivity index (χ4n) is 5.32. The van der Waals surface area contributed by atoms with Gasteiger partial charge in [0.25, 0.3) is 0 Å². The highest BCUT2D eigenvalue weighted by Gasteiger charge is 2.51. The number of pyridine rings is 1. The Labute approximate surface area is 248 Å². The van der Waals surface area contributed by atoms with Crippen LogP contribution in [0.5, 0.6) is 0 Å². The predicted molar refractivity (Wildman–Crippen MR) is 151 cm³/mol. The summed E-state index contributed by atoms with van der Waals surface area (Å²) in [4.78, 5) is 21.8. The van der Waals surface area contributed by atoms with Crippen molar-refractivity contribution in [3.8, 4) is 5.69 Å². The third-order valence-corrected chi connectivity index (χ3v) is 7.48. The number of carbonyl (C=O) groups excluding carboxylic acids is 1. The molecule has 6 rings (SSSR count). The average molecular weight is 599 g/mol. The van der Waals surface area contributed by atoms with Crippen LogP contribution in [0.3, 0.4) is 0 Å². The third kappa shape index (κ3) is 6.14. The summed E-state index contributed by atoms with van der Waals surface area (Å²) in [7, 11) is 0. The molecular weight excluding hydrogens is 564 g/mol. The van der Waals surface area contributed by atoms with Gasteiger partial charge in [-0.3, -0.25) is 10.4 Å². The second kappa shape index (κ2) is 11.5. The van der Waals surface area contributed by atoms with Gasteiger partial charge in [-0.1, -0.05) is 41.9 Å². The number of aromatic nitrogens is 4. The molecule has 4 unspecified atom stereocenters. The second-order valence-electron chi connectivity index (χ2n) is 11.8. The topological polar surface area (TPSA) is 142 Å². The van der Waals surface area contributed by atoms with E-state index in [0.717, 1.165) is 24.1 Å². The number of aliphatic hydroxyl groups is 1. The number of hydrazine groups is 1. The maximum absolute atomic E-state index is 12.6. The molecule has 2 aliphatic heterocycles. The molecule has 12 nitrogen and oxygen atoms in total. The highest BCUT2D eigenvalue weighted by Crippen LogP contribution is 2.43. The number of hydrogen-bond donors (Lipinski definition) is 3. The van der Waals surface area contributed by atoms with Crippen LogP contribution in [-0.2, 0) is 18.9 Å². The van der Waals surface area contributed by atoms with E-state index in [9.17, 15) is 9.90 Å². The summed E-state index contributed by atoms with van der Waals surface area (Å²) in [5, 5.41) is 16.9. The van der Waals surface area contributed by atoms with E-state index in [1.807, 2.05) is 30.3 Å². The number of nitrogens with one attached hydrogen (secondary N) is 2. The number of carbonyl (C=O) groups is 1. The van der Waals surface area contributed by atoms with Crippen LogP contribution in [0, 0.1) is 6.92 Å². The lowest BCUT2D eigenvalue weighted by Gasteiger charge is -2.48. The van der Waals surface area contributed by atoms with Crippen LogP contribution in [0.25, 0.3) is 5.69 Å². The van der Waals surface area contributed by atoms with Crippen molar-refractivity contribution < 1.29 is 28.8 Å². The van der Waals surface area contributed by atoms with Gasteiger partial charge in [-0.25, -0.2) is 19.9 Å². The molecule has 1 amide bonds. The van der Waals surface area contributed by atoms with Crippen LogP contribution in [0.1, 0.15) is 74.8 Å². The van der Waals surface area contributed by atoms with Gasteiger partial charge in [0.2, 0.25) is 0 Å². The highest BCUT2D eigenvalue weighted by atomic mass is 35.5. The number of fused-ring (bicyclic) bond motifs is 1. The molecule has 2 saturated heterocycles. The van der Waals surface area contributed by atoms with Gasteiger partial charge in [0, 0.05) is 17.7 Å². The molecule has 13 heteroatoms. The summed E-state index contributed by atoms with van der Waals surface area (Å²) < 4.78 is 25.9. The first-order chi connectivity index (χ1) is 20.1. The van der Waals surface area contributed by atoms with Crippen molar-refractivity contribution in [3.63, 3.8) is 0 Å². The number of benzene rings is 1. The van der Waals surface area contributed by atoms with Gasteiger partial charge in [-0.2, -0.15) is 5.10 Å². The molecule has 3 fully saturated rings. The molecule has 1 aromatic carbocycles. The highest BCUT2D eigenvalue weighted by molar-refractivity contribution is 6.30. The number of nitrogens with zero attached hydrogens (tertiary/aromatic N) is 4. The average Bonchev–Trinajstić information content (AvgIpc) is 3.72. The summed E-state index contributed by atoms with van der Waals surface area (Å²) in [5.74, 6) is 1.17. The molecule has 42 heavy (non-hydrogen) atoms. The molecule has 1 aliphatic carbocycles. The Kier molecular flexibility index (Phi) is 7.94. The Balaban J connectivity index is 1.32. The zero-order valence-electron chi connectivity index (χ0n) is 23.9. The first kappa shape index (κ1) is 29.0. The number of ether oxygens (including phenoxy) is 4. The molecule has 6 atom stereocenters. The molecule has 3 aliphatic rings. The Morgan fingerprint density at radius 3 is 2.67 bits per heavy atom. The van der Waals surface area contributed by atoms with Crippen molar-refractivity contribution in [2.75, 3.05) is 6.61 Å². The van der Waals surface area contributed by atoms with Crippen molar-refractivity contribution in [3.05, 3.63) is 70.5 Å². The summed E-state index contributed by atoms with van der Waals surface area (Å²) >= 11 is 6.36. The smallest absolute Gasteiger partial charge is 0.422 e. The number of aliphatic hydroxyl groups excluding tert-OH is 1. The van der Waals surface area contributed by atoms with Crippen molar-refractivity contribution >= 4 is 17.7 Å². The number of hydrogen-bond acceptors (Lipinski definition) is 10. The van der Waals surface area contributed by atoms with Crippen molar-refractivity contribution in [2.24, 2.45) is 0 Å². The number of halogens is 1. The standard InChI is InChI=1S/C29H35ClN6O6/c1-15-32-26(36(35-15)19-12-18(30)13-31-21(19)16-10-11-16)25-23(37)22(33-34-28(38)42-29(2,3)4)24-20(40-25)14-39-27(41-24)17-8-6-5-7-9-17/h5-9,12-13,16,20,22-25,27,33,37H,10-11,14H2,1-4H3,(H,34,38)/t20?,22?,23?,24-,25+,27?/m0/s1. The Bertz CT molecular complexity index is 1430. The lowest BCUT2D eigenvalue weighted by molar-refractivity contribution is -0.313. The van der Waals surface area contributed by atoms with Crippen LogP contribution in [0.4, 0.5) is 4.79 Å². The summed E-state index contributed by atoms with van der Waals surface area (Å²) in [5.41, 5.74) is 7.19. The van der Waals surface area contributed by atoms with Crippen LogP contribution in [-0.4, -0.2) is 67.5 Å². The molecule has 0 bridgehead atoms. The maximum atomic E-state index is 12.6. The van der Waals surface area contributed by atoms with Gasteiger partial charge < -0.3 is 24.1 Å². The zero-order chi connectivity index (χ0) is 29.6. The van der Waals surface area contributed by atoms with Gasteiger partial charge in [-0.05, 0) is 46.6 Å². The molecule has 0 spiro atoms. The Hall–Kier alpha value is -3.13. The third-order valence-electron chi connectivity index (χ3n) is 7.27. The predicted octanol–water partition coefficient (Wildman–Crippen LogP) is 3.81. The molecule has 224 valence electrons. The Morgan fingerprint density at radius 2 is 1.95 bits per heavy atom. The van der Waals surface area contributed by atoms with E-state index in [4.69, 9.17) is 30.5 Å². The SMILES string of the molecule is Cc1nc([C@@H]2OC3COC(c4ccccc4)O[C@@H]3C(NNC(=O)OC(C)(C)C)C2O)n(-c2cc(Cl)cnc2C2CC2)n1. The van der Waals surface area contributed by atoms with E-state index in [1.54, 1.807) is 44.6 Å². The van der Waals surface area contributed by atoms with E-state index in [2.05, 4.69) is 25.9 Å². The van der Waals surface area contributed by atoms with Gasteiger partial charge in [0.1, 0.15) is 35.8 Å².